The molecule has 0 spiro atoms. The van der Waals surface area contributed by atoms with Gasteiger partial charge >= 0.3 is 5.97 Å². The van der Waals surface area contributed by atoms with E-state index in [9.17, 15) is 9.59 Å². The summed E-state index contributed by atoms with van der Waals surface area (Å²) in [6, 6.07) is 14.1. The molecule has 1 aromatic heterocycles. The number of benzene rings is 2. The molecule has 0 saturated heterocycles. The average molecular weight is 373 g/mol. The standard InChI is InChI=1S/C17H13BrN2O3/c1-10(16(21)11-6-8-12(18)9-7-11)23-17(22)15-13-4-2-3-5-14(13)19-20-15/h2-10H,1H3,(H,19,20)/t10-/m0/s1. The van der Waals surface area contributed by atoms with Gasteiger partial charge in [-0.15, -0.1) is 0 Å². The van der Waals surface area contributed by atoms with Crippen LogP contribution < -0.4 is 0 Å². The van der Waals surface area contributed by atoms with Crippen molar-refractivity contribution in [1.82, 2.24) is 10.2 Å². The van der Waals surface area contributed by atoms with Crippen LogP contribution in [0.3, 0.4) is 0 Å². The van der Waals surface area contributed by atoms with E-state index in [4.69, 9.17) is 4.74 Å². The quantitative estimate of drug-likeness (QED) is 0.559. The number of rotatable bonds is 4. The number of H-pyrrole nitrogens is 1. The molecular weight excluding hydrogens is 360 g/mol. The Morgan fingerprint density at radius 2 is 1.83 bits per heavy atom. The van der Waals surface area contributed by atoms with Gasteiger partial charge in [0.15, 0.2) is 11.8 Å². The van der Waals surface area contributed by atoms with Crippen LogP contribution in [-0.4, -0.2) is 28.1 Å². The summed E-state index contributed by atoms with van der Waals surface area (Å²) in [5.74, 6) is -0.883. The molecule has 0 radical (unpaired) electrons. The third kappa shape index (κ3) is 3.17. The first kappa shape index (κ1) is 15.4. The van der Waals surface area contributed by atoms with E-state index in [1.807, 2.05) is 18.2 Å². The molecule has 1 atom stereocenters. The fourth-order valence-electron chi connectivity index (χ4n) is 2.24. The highest BCUT2D eigenvalue weighted by molar-refractivity contribution is 9.10. The Labute approximate surface area is 140 Å². The van der Waals surface area contributed by atoms with Gasteiger partial charge in [-0.25, -0.2) is 4.79 Å². The number of para-hydroxylation sites is 1. The molecule has 23 heavy (non-hydrogen) atoms. The van der Waals surface area contributed by atoms with Gasteiger partial charge in [0, 0.05) is 15.4 Å². The summed E-state index contributed by atoms with van der Waals surface area (Å²) in [5.41, 5.74) is 1.41. The molecule has 116 valence electrons. The molecule has 0 unspecified atom stereocenters. The predicted molar refractivity (Wildman–Crippen MR) is 89.4 cm³/mol. The summed E-state index contributed by atoms with van der Waals surface area (Å²) in [4.78, 5) is 24.6. The van der Waals surface area contributed by atoms with Crippen LogP contribution in [-0.2, 0) is 4.74 Å². The number of nitrogens with one attached hydrogen (secondary N) is 1. The van der Waals surface area contributed by atoms with Crippen molar-refractivity contribution in [2.75, 3.05) is 0 Å². The van der Waals surface area contributed by atoms with Gasteiger partial charge in [0.25, 0.3) is 0 Å². The second-order valence-corrected chi connectivity index (χ2v) is 5.95. The molecule has 3 rings (SSSR count). The summed E-state index contributed by atoms with van der Waals surface area (Å²) in [6.07, 6.45) is -0.890. The minimum atomic E-state index is -0.890. The van der Waals surface area contributed by atoms with Gasteiger partial charge in [0.05, 0.1) is 5.52 Å². The van der Waals surface area contributed by atoms with E-state index in [0.29, 0.717) is 10.9 Å². The lowest BCUT2D eigenvalue weighted by molar-refractivity contribution is 0.0315. The van der Waals surface area contributed by atoms with Crippen LogP contribution in [0.1, 0.15) is 27.8 Å². The third-order valence-corrected chi connectivity index (χ3v) is 3.97. The Hall–Kier alpha value is -2.47. The number of hydrogen-bond acceptors (Lipinski definition) is 4. The monoisotopic (exact) mass is 372 g/mol. The number of carbonyl (C=O) groups excluding carboxylic acids is 2. The fraction of sp³-hybridized carbons (Fsp3) is 0.118. The SMILES string of the molecule is C[C@H](OC(=O)c1n[nH]c2ccccc12)C(=O)c1ccc(Br)cc1. The number of Topliss-reactive ketones (excluding diaryl/α,β-unsaturated/α-hetero) is 1. The average Bonchev–Trinajstić information content (AvgIpc) is 2.99. The molecular formula is C17H13BrN2O3. The topological polar surface area (TPSA) is 72.0 Å². The van der Waals surface area contributed by atoms with Crippen LogP contribution in [0.2, 0.25) is 0 Å². The summed E-state index contributed by atoms with van der Waals surface area (Å²) >= 11 is 3.31. The minimum Gasteiger partial charge on any atom is -0.449 e. The molecule has 0 fully saturated rings. The molecule has 0 aliphatic carbocycles. The normalized spacial score (nSPS) is 12.1. The van der Waals surface area contributed by atoms with E-state index in [1.165, 1.54) is 0 Å². The lowest BCUT2D eigenvalue weighted by Crippen LogP contribution is -2.24. The number of aromatic amines is 1. The first-order chi connectivity index (χ1) is 11.1. The maximum Gasteiger partial charge on any atom is 0.360 e. The molecule has 0 aliphatic heterocycles. The van der Waals surface area contributed by atoms with Gasteiger partial charge in [-0.2, -0.15) is 5.10 Å². The first-order valence-corrected chi connectivity index (χ1v) is 7.79. The minimum absolute atomic E-state index is 0.177. The van der Waals surface area contributed by atoms with Crippen molar-refractivity contribution in [3.63, 3.8) is 0 Å². The number of hydrogen-bond donors (Lipinski definition) is 1. The highest BCUT2D eigenvalue weighted by Crippen LogP contribution is 2.18. The maximum atomic E-state index is 12.3. The lowest BCUT2D eigenvalue weighted by atomic mass is 10.1. The van der Waals surface area contributed by atoms with E-state index in [1.54, 1.807) is 37.3 Å². The number of ketones is 1. The maximum absolute atomic E-state index is 12.3. The zero-order valence-electron chi connectivity index (χ0n) is 12.2. The second kappa shape index (κ2) is 6.34. The molecule has 0 bridgehead atoms. The van der Waals surface area contributed by atoms with E-state index < -0.39 is 12.1 Å². The molecule has 0 saturated carbocycles. The van der Waals surface area contributed by atoms with Crippen molar-refractivity contribution >= 4 is 38.6 Å². The molecule has 6 heteroatoms. The van der Waals surface area contributed by atoms with Crippen LogP contribution >= 0.6 is 15.9 Å². The number of fused-ring (bicyclic) bond motifs is 1. The van der Waals surface area contributed by atoms with Gasteiger partial charge < -0.3 is 4.74 Å². The van der Waals surface area contributed by atoms with Crippen LogP contribution in [0.15, 0.2) is 53.0 Å². The highest BCUT2D eigenvalue weighted by atomic mass is 79.9. The van der Waals surface area contributed by atoms with Crippen LogP contribution in [0.5, 0.6) is 0 Å². The Morgan fingerprint density at radius 3 is 2.57 bits per heavy atom. The highest BCUT2D eigenvalue weighted by Gasteiger charge is 2.23. The van der Waals surface area contributed by atoms with E-state index >= 15 is 0 Å². The van der Waals surface area contributed by atoms with Crippen molar-refractivity contribution in [2.24, 2.45) is 0 Å². The molecule has 2 aromatic carbocycles. The fourth-order valence-corrected chi connectivity index (χ4v) is 2.50. The summed E-state index contributed by atoms with van der Waals surface area (Å²) in [7, 11) is 0. The largest absolute Gasteiger partial charge is 0.449 e. The summed E-state index contributed by atoms with van der Waals surface area (Å²) < 4.78 is 6.14. The van der Waals surface area contributed by atoms with E-state index in [-0.39, 0.29) is 11.5 Å². The number of ether oxygens (including phenoxy) is 1. The Balaban J connectivity index is 1.77. The zero-order chi connectivity index (χ0) is 16.4. The number of esters is 1. The molecule has 5 nitrogen and oxygen atoms in total. The van der Waals surface area contributed by atoms with Gasteiger partial charge in [0.1, 0.15) is 0 Å². The first-order valence-electron chi connectivity index (χ1n) is 7.00. The number of nitrogens with zero attached hydrogens (tertiary/aromatic N) is 1. The summed E-state index contributed by atoms with van der Waals surface area (Å²) in [5, 5.41) is 7.41. The molecule has 0 aliphatic rings. The van der Waals surface area contributed by atoms with Crippen molar-refractivity contribution in [2.45, 2.75) is 13.0 Å². The molecule has 1 heterocycles. The Morgan fingerprint density at radius 1 is 1.13 bits per heavy atom. The zero-order valence-corrected chi connectivity index (χ0v) is 13.8. The number of carbonyl (C=O) groups is 2. The predicted octanol–water partition coefficient (Wildman–Crippen LogP) is 3.75. The summed E-state index contributed by atoms with van der Waals surface area (Å²) in [6.45, 7) is 1.55. The van der Waals surface area contributed by atoms with Gasteiger partial charge in [0.2, 0.25) is 5.78 Å². The van der Waals surface area contributed by atoms with Crippen LogP contribution in [0, 0.1) is 0 Å². The number of halogens is 1. The smallest absolute Gasteiger partial charge is 0.360 e. The van der Waals surface area contributed by atoms with Crippen molar-refractivity contribution in [1.29, 1.82) is 0 Å². The molecule has 1 N–H and O–H groups in total. The van der Waals surface area contributed by atoms with E-state index in [0.717, 1.165) is 9.99 Å². The third-order valence-electron chi connectivity index (χ3n) is 3.45. The Bertz CT molecular complexity index is 871. The second-order valence-electron chi connectivity index (χ2n) is 5.04. The van der Waals surface area contributed by atoms with Crippen molar-refractivity contribution < 1.29 is 14.3 Å². The van der Waals surface area contributed by atoms with Gasteiger partial charge in [-0.3, -0.25) is 9.89 Å². The van der Waals surface area contributed by atoms with Gasteiger partial charge in [-0.1, -0.05) is 46.3 Å². The van der Waals surface area contributed by atoms with E-state index in [2.05, 4.69) is 26.1 Å². The number of aromatic nitrogens is 2. The van der Waals surface area contributed by atoms with Gasteiger partial charge in [-0.05, 0) is 25.1 Å². The van der Waals surface area contributed by atoms with Crippen LogP contribution in [0.4, 0.5) is 0 Å². The molecule has 3 aromatic rings. The van der Waals surface area contributed by atoms with Crippen molar-refractivity contribution in [3.8, 4) is 0 Å². The van der Waals surface area contributed by atoms with Crippen molar-refractivity contribution in [3.05, 3.63) is 64.3 Å². The molecule has 0 amide bonds. The Kier molecular flexibility index (Phi) is 4.25. The van der Waals surface area contributed by atoms with Crippen LogP contribution in [0.25, 0.3) is 10.9 Å². The lowest BCUT2D eigenvalue weighted by Gasteiger charge is -2.11.